The number of hydrogen-bond acceptors (Lipinski definition) is 2. The molecule has 1 nitrogen and oxygen atoms in total. The molecule has 0 aliphatic heterocycles. The average Bonchev–Trinajstić information content (AvgIpc) is 2.30. The summed E-state index contributed by atoms with van der Waals surface area (Å²) in [5.41, 5.74) is 2.63. The van der Waals surface area contributed by atoms with Gasteiger partial charge in [0.2, 0.25) is 0 Å². The monoisotopic (exact) mass is 293 g/mol. The Bertz CT molecular complexity index is 445. The number of hydrogen-bond donors (Lipinski definition) is 0. The minimum atomic E-state index is 1.00. The lowest BCUT2D eigenvalue weighted by molar-refractivity contribution is 1.23. The van der Waals surface area contributed by atoms with Gasteiger partial charge in [-0.15, -0.1) is 0 Å². The first-order chi connectivity index (χ1) is 7.84. The number of aromatic nitrogens is 1. The number of benzene rings is 1. The normalized spacial score (nSPS) is 10.3. The molecule has 0 atom stereocenters. The lowest BCUT2D eigenvalue weighted by atomic mass is 10.2. The van der Waals surface area contributed by atoms with Gasteiger partial charge >= 0.3 is 0 Å². The predicted molar refractivity (Wildman–Crippen MR) is 73.4 cm³/mol. The van der Waals surface area contributed by atoms with Gasteiger partial charge in [0.1, 0.15) is 0 Å². The summed E-state index contributed by atoms with van der Waals surface area (Å²) in [5.74, 6) is 2.05. The Balaban J connectivity index is 1.85. The van der Waals surface area contributed by atoms with Crippen LogP contribution in [0, 0.1) is 0 Å². The molecule has 0 aliphatic carbocycles. The fraction of sp³-hybridized carbons (Fsp3) is 0.154. The van der Waals surface area contributed by atoms with Gasteiger partial charge in [-0.1, -0.05) is 30.3 Å². The van der Waals surface area contributed by atoms with E-state index in [-0.39, 0.29) is 0 Å². The molecule has 1 aromatic carbocycles. The Morgan fingerprint density at radius 1 is 1.00 bits per heavy atom. The molecule has 0 fully saturated rings. The fourth-order valence-corrected chi connectivity index (χ4v) is 2.73. The topological polar surface area (TPSA) is 12.9 Å². The van der Waals surface area contributed by atoms with Gasteiger partial charge < -0.3 is 0 Å². The van der Waals surface area contributed by atoms with Crippen LogP contribution in [0.1, 0.15) is 11.1 Å². The Morgan fingerprint density at radius 2 is 1.75 bits per heavy atom. The quantitative estimate of drug-likeness (QED) is 0.835. The molecule has 82 valence electrons. The van der Waals surface area contributed by atoms with Crippen LogP contribution < -0.4 is 0 Å². The van der Waals surface area contributed by atoms with Crippen LogP contribution in [-0.2, 0) is 11.5 Å². The van der Waals surface area contributed by atoms with E-state index >= 15 is 0 Å². The van der Waals surface area contributed by atoms with E-state index in [0.717, 1.165) is 16.0 Å². The third-order valence-corrected chi connectivity index (χ3v) is 3.65. The molecule has 0 bridgehead atoms. The van der Waals surface area contributed by atoms with Crippen molar-refractivity contribution in [1.82, 2.24) is 4.98 Å². The smallest absolute Gasteiger partial charge is 0.0410 e. The molecule has 0 saturated heterocycles. The van der Waals surface area contributed by atoms with Crippen LogP contribution >= 0.6 is 27.7 Å². The van der Waals surface area contributed by atoms with Gasteiger partial charge in [-0.25, -0.2) is 0 Å². The maximum absolute atomic E-state index is 4.15. The molecule has 2 aromatic rings. The molecule has 0 spiro atoms. The van der Waals surface area contributed by atoms with Crippen LogP contribution in [0.15, 0.2) is 53.3 Å². The van der Waals surface area contributed by atoms with Crippen molar-refractivity contribution in [3.63, 3.8) is 0 Å². The minimum Gasteiger partial charge on any atom is -0.263 e. The van der Waals surface area contributed by atoms with Crippen molar-refractivity contribution in [2.75, 3.05) is 0 Å². The largest absolute Gasteiger partial charge is 0.263 e. The molecule has 0 radical (unpaired) electrons. The molecule has 3 heteroatoms. The SMILES string of the molecule is Brc1cncc(CSCc2ccccc2)c1. The zero-order valence-corrected chi connectivity index (χ0v) is 11.2. The Morgan fingerprint density at radius 3 is 2.50 bits per heavy atom. The van der Waals surface area contributed by atoms with E-state index in [0.29, 0.717) is 0 Å². The van der Waals surface area contributed by atoms with Crippen molar-refractivity contribution in [2.24, 2.45) is 0 Å². The van der Waals surface area contributed by atoms with Gasteiger partial charge in [-0.3, -0.25) is 4.98 Å². The summed E-state index contributed by atoms with van der Waals surface area (Å²) in [6.45, 7) is 0. The van der Waals surface area contributed by atoms with Gasteiger partial charge in [0.15, 0.2) is 0 Å². The highest BCUT2D eigenvalue weighted by molar-refractivity contribution is 9.10. The van der Waals surface area contributed by atoms with Gasteiger partial charge in [-0.2, -0.15) is 11.8 Å². The number of nitrogens with zero attached hydrogens (tertiary/aromatic N) is 1. The van der Waals surface area contributed by atoms with Crippen molar-refractivity contribution in [3.05, 3.63) is 64.4 Å². The molecule has 1 heterocycles. The van der Waals surface area contributed by atoms with Gasteiger partial charge in [0.25, 0.3) is 0 Å². The highest BCUT2D eigenvalue weighted by Gasteiger charge is 1.96. The van der Waals surface area contributed by atoms with Gasteiger partial charge in [0, 0.05) is 28.4 Å². The third-order valence-electron chi connectivity index (χ3n) is 2.14. The summed E-state index contributed by atoms with van der Waals surface area (Å²) in [6.07, 6.45) is 3.73. The first-order valence-electron chi connectivity index (χ1n) is 5.06. The fourth-order valence-electron chi connectivity index (χ4n) is 1.40. The molecule has 1 aromatic heterocycles. The predicted octanol–water partition coefficient (Wildman–Crippen LogP) is 4.28. The molecule has 0 saturated carbocycles. The van der Waals surface area contributed by atoms with Crippen LogP contribution in [0.2, 0.25) is 0 Å². The highest BCUT2D eigenvalue weighted by atomic mass is 79.9. The molecular formula is C13H12BrNS. The number of thioether (sulfide) groups is 1. The summed E-state index contributed by atoms with van der Waals surface area (Å²) >= 11 is 5.33. The first-order valence-corrected chi connectivity index (χ1v) is 7.00. The third kappa shape index (κ3) is 3.65. The second-order valence-electron chi connectivity index (χ2n) is 3.49. The van der Waals surface area contributed by atoms with Crippen molar-refractivity contribution in [2.45, 2.75) is 11.5 Å². The lowest BCUT2D eigenvalue weighted by Gasteiger charge is -2.02. The summed E-state index contributed by atoms with van der Waals surface area (Å²) < 4.78 is 1.05. The van der Waals surface area contributed by atoms with Crippen molar-refractivity contribution in [3.8, 4) is 0 Å². The van der Waals surface area contributed by atoms with Crippen LogP contribution in [0.4, 0.5) is 0 Å². The van der Waals surface area contributed by atoms with E-state index in [4.69, 9.17) is 0 Å². The first kappa shape index (κ1) is 11.7. The minimum absolute atomic E-state index is 1.00. The van der Waals surface area contributed by atoms with Crippen LogP contribution in [0.5, 0.6) is 0 Å². The van der Waals surface area contributed by atoms with Gasteiger partial charge in [-0.05, 0) is 33.1 Å². The van der Waals surface area contributed by atoms with Crippen LogP contribution in [-0.4, -0.2) is 4.98 Å². The van der Waals surface area contributed by atoms with E-state index < -0.39 is 0 Å². The van der Waals surface area contributed by atoms with E-state index in [9.17, 15) is 0 Å². The zero-order chi connectivity index (χ0) is 11.2. The summed E-state index contributed by atoms with van der Waals surface area (Å²) in [4.78, 5) is 4.15. The maximum Gasteiger partial charge on any atom is 0.0410 e. The van der Waals surface area contributed by atoms with E-state index in [1.807, 2.05) is 30.2 Å². The molecule has 0 unspecified atom stereocenters. The molecule has 16 heavy (non-hydrogen) atoms. The highest BCUT2D eigenvalue weighted by Crippen LogP contribution is 2.19. The molecule has 2 rings (SSSR count). The van der Waals surface area contributed by atoms with E-state index in [1.165, 1.54) is 11.1 Å². The summed E-state index contributed by atoms with van der Waals surface area (Å²) in [7, 11) is 0. The maximum atomic E-state index is 4.15. The average molecular weight is 294 g/mol. The number of pyridine rings is 1. The lowest BCUT2D eigenvalue weighted by Crippen LogP contribution is -1.84. The van der Waals surface area contributed by atoms with Crippen molar-refractivity contribution in [1.29, 1.82) is 0 Å². The van der Waals surface area contributed by atoms with Crippen LogP contribution in [0.3, 0.4) is 0 Å². The van der Waals surface area contributed by atoms with Crippen molar-refractivity contribution >= 4 is 27.7 Å². The second-order valence-corrected chi connectivity index (χ2v) is 5.39. The molecule has 0 N–H and O–H groups in total. The van der Waals surface area contributed by atoms with E-state index in [1.54, 1.807) is 0 Å². The van der Waals surface area contributed by atoms with Crippen molar-refractivity contribution < 1.29 is 0 Å². The zero-order valence-electron chi connectivity index (χ0n) is 8.77. The number of rotatable bonds is 4. The molecule has 0 amide bonds. The van der Waals surface area contributed by atoms with Gasteiger partial charge in [0.05, 0.1) is 0 Å². The second kappa shape index (κ2) is 6.06. The summed E-state index contributed by atoms with van der Waals surface area (Å²) in [5, 5.41) is 0. The number of halogens is 1. The standard InChI is InChI=1S/C13H12BrNS/c14-13-6-12(7-15-8-13)10-16-9-11-4-2-1-3-5-11/h1-8H,9-10H2. The van der Waals surface area contributed by atoms with Crippen LogP contribution in [0.25, 0.3) is 0 Å². The molecular weight excluding hydrogens is 282 g/mol. The Kier molecular flexibility index (Phi) is 4.43. The Labute approximate surface area is 108 Å². The van der Waals surface area contributed by atoms with E-state index in [2.05, 4.69) is 51.2 Å². The summed E-state index contributed by atoms with van der Waals surface area (Å²) in [6, 6.07) is 12.6. The Hall–Kier alpha value is -0.800. The molecule has 0 aliphatic rings.